The maximum atomic E-state index is 12.5. The molecule has 0 spiro atoms. The Kier molecular flexibility index (Phi) is 8.69. The second-order valence-corrected chi connectivity index (χ2v) is 10.4. The third-order valence-corrected chi connectivity index (χ3v) is 6.16. The highest BCUT2D eigenvalue weighted by Crippen LogP contribution is 2.28. The van der Waals surface area contributed by atoms with Crippen LogP contribution in [-0.4, -0.2) is 42.1 Å². The number of rotatable bonds is 10. The Bertz CT molecular complexity index is 1090. The minimum atomic E-state index is -0.294. The average molecular weight is 482 g/mol. The summed E-state index contributed by atoms with van der Waals surface area (Å²) >= 11 is 1.53. The van der Waals surface area contributed by atoms with Crippen molar-refractivity contribution in [3.8, 4) is 11.5 Å². The van der Waals surface area contributed by atoms with Crippen molar-refractivity contribution in [1.82, 2.24) is 15.2 Å². The first-order valence-corrected chi connectivity index (χ1v) is 12.3. The van der Waals surface area contributed by atoms with E-state index in [2.05, 4.69) is 52.5 Å². The van der Waals surface area contributed by atoms with Gasteiger partial charge in [0.25, 0.3) is 5.91 Å². The number of nitrogens with zero attached hydrogens (tertiary/aromatic N) is 2. The molecule has 1 heterocycles. The van der Waals surface area contributed by atoms with Gasteiger partial charge in [-0.25, -0.2) is 4.98 Å². The van der Waals surface area contributed by atoms with E-state index in [0.29, 0.717) is 12.2 Å². The van der Waals surface area contributed by atoms with Crippen molar-refractivity contribution in [2.24, 2.45) is 0 Å². The first-order chi connectivity index (χ1) is 16.2. The van der Waals surface area contributed by atoms with Crippen LogP contribution in [0.25, 0.3) is 0 Å². The summed E-state index contributed by atoms with van der Waals surface area (Å²) in [4.78, 5) is 19.5. The number of aromatic nitrogens is 1. The van der Waals surface area contributed by atoms with Gasteiger partial charge in [-0.2, -0.15) is 0 Å². The summed E-state index contributed by atoms with van der Waals surface area (Å²) in [5.41, 5.74) is 3.86. The molecule has 2 aromatic carbocycles. The molecule has 1 amide bonds. The second kappa shape index (κ2) is 11.5. The molecule has 3 aromatic rings. The molecule has 0 fully saturated rings. The third kappa shape index (κ3) is 7.57. The van der Waals surface area contributed by atoms with E-state index in [1.807, 2.05) is 38.3 Å². The molecule has 0 atom stereocenters. The lowest BCUT2D eigenvalue weighted by Crippen LogP contribution is -2.40. The van der Waals surface area contributed by atoms with Crippen LogP contribution in [0.1, 0.15) is 53.0 Å². The highest BCUT2D eigenvalue weighted by molar-refractivity contribution is 7.09. The quantitative estimate of drug-likeness (QED) is 0.429. The molecular formula is C27H35N3O3S. The van der Waals surface area contributed by atoms with Crippen LogP contribution in [0.2, 0.25) is 0 Å². The predicted molar refractivity (Wildman–Crippen MR) is 138 cm³/mol. The molecule has 0 aliphatic rings. The molecule has 0 saturated carbocycles. The van der Waals surface area contributed by atoms with Crippen LogP contribution < -0.4 is 14.8 Å². The molecule has 182 valence electrons. The standard InChI is InChI=1S/C27H35N3O3S/c1-19-7-9-21(10-8-19)16-30(14-13-20-11-12-23(32-5)24(15-20)33-6)17-25-28-22(18-34-25)26(31)29-27(2,3)4/h7-12,15,18H,13-14,16-17H2,1-6H3,(H,29,31). The van der Waals surface area contributed by atoms with Crippen molar-refractivity contribution in [3.05, 3.63) is 75.2 Å². The molecule has 0 unspecified atom stereocenters. The molecule has 0 radical (unpaired) electrons. The van der Waals surface area contributed by atoms with Gasteiger partial charge in [-0.3, -0.25) is 9.69 Å². The summed E-state index contributed by atoms with van der Waals surface area (Å²) in [5.74, 6) is 1.33. The number of hydrogen-bond donors (Lipinski definition) is 1. The van der Waals surface area contributed by atoms with Gasteiger partial charge in [-0.15, -0.1) is 11.3 Å². The van der Waals surface area contributed by atoms with Crippen molar-refractivity contribution in [2.75, 3.05) is 20.8 Å². The van der Waals surface area contributed by atoms with E-state index >= 15 is 0 Å². The van der Waals surface area contributed by atoms with Crippen molar-refractivity contribution in [3.63, 3.8) is 0 Å². The maximum absolute atomic E-state index is 12.5. The van der Waals surface area contributed by atoms with E-state index in [1.54, 1.807) is 14.2 Å². The van der Waals surface area contributed by atoms with Gasteiger partial charge in [0.1, 0.15) is 10.7 Å². The highest BCUT2D eigenvalue weighted by atomic mass is 32.1. The molecule has 0 saturated heterocycles. The van der Waals surface area contributed by atoms with Gasteiger partial charge in [0, 0.05) is 24.0 Å². The number of aryl methyl sites for hydroxylation is 1. The number of carbonyl (C=O) groups is 1. The monoisotopic (exact) mass is 481 g/mol. The van der Waals surface area contributed by atoms with Gasteiger partial charge in [0.2, 0.25) is 0 Å². The van der Waals surface area contributed by atoms with Gasteiger partial charge < -0.3 is 14.8 Å². The number of hydrogen-bond acceptors (Lipinski definition) is 6. The van der Waals surface area contributed by atoms with Crippen LogP contribution in [0.4, 0.5) is 0 Å². The summed E-state index contributed by atoms with van der Waals surface area (Å²) in [6, 6.07) is 14.7. The summed E-state index contributed by atoms with van der Waals surface area (Å²) in [5, 5.41) is 5.75. The largest absolute Gasteiger partial charge is 0.493 e. The van der Waals surface area contributed by atoms with Crippen LogP contribution in [0.5, 0.6) is 11.5 Å². The minimum Gasteiger partial charge on any atom is -0.493 e. The van der Waals surface area contributed by atoms with E-state index < -0.39 is 0 Å². The Morgan fingerprint density at radius 2 is 1.68 bits per heavy atom. The number of carbonyl (C=O) groups excluding carboxylic acids is 1. The van der Waals surface area contributed by atoms with Crippen LogP contribution in [0.15, 0.2) is 47.8 Å². The summed E-state index contributed by atoms with van der Waals surface area (Å²) in [7, 11) is 3.30. The Morgan fingerprint density at radius 1 is 1.00 bits per heavy atom. The van der Waals surface area contributed by atoms with Crippen LogP contribution >= 0.6 is 11.3 Å². The fraction of sp³-hybridized carbons (Fsp3) is 0.407. The minimum absolute atomic E-state index is 0.134. The Hall–Kier alpha value is -2.90. The zero-order valence-corrected chi connectivity index (χ0v) is 21.8. The van der Waals surface area contributed by atoms with Crippen molar-refractivity contribution < 1.29 is 14.3 Å². The molecule has 7 heteroatoms. The van der Waals surface area contributed by atoms with Crippen molar-refractivity contribution in [2.45, 2.75) is 52.7 Å². The predicted octanol–water partition coefficient (Wildman–Crippen LogP) is 5.24. The van der Waals surface area contributed by atoms with Gasteiger partial charge in [-0.05, 0) is 57.4 Å². The number of amides is 1. The molecule has 0 bridgehead atoms. The molecule has 0 aliphatic heterocycles. The summed E-state index contributed by atoms with van der Waals surface area (Å²) < 4.78 is 10.8. The summed E-state index contributed by atoms with van der Waals surface area (Å²) in [6.07, 6.45) is 0.856. The molecule has 1 N–H and O–H groups in total. The number of thiazole rings is 1. The van der Waals surface area contributed by atoms with E-state index in [4.69, 9.17) is 9.47 Å². The Balaban J connectivity index is 1.73. The number of benzene rings is 2. The van der Waals surface area contributed by atoms with E-state index in [1.165, 1.54) is 28.0 Å². The van der Waals surface area contributed by atoms with Gasteiger partial charge in [-0.1, -0.05) is 35.9 Å². The average Bonchev–Trinajstić information content (AvgIpc) is 3.26. The molecule has 6 nitrogen and oxygen atoms in total. The second-order valence-electron chi connectivity index (χ2n) is 9.47. The number of ether oxygens (including phenoxy) is 2. The van der Waals surface area contributed by atoms with E-state index in [0.717, 1.165) is 36.0 Å². The smallest absolute Gasteiger partial charge is 0.271 e. The lowest BCUT2D eigenvalue weighted by Gasteiger charge is -2.22. The zero-order chi connectivity index (χ0) is 24.7. The van der Waals surface area contributed by atoms with Gasteiger partial charge in [0.15, 0.2) is 11.5 Å². The molecule has 1 aromatic heterocycles. The molecular weight excluding hydrogens is 446 g/mol. The van der Waals surface area contributed by atoms with Crippen molar-refractivity contribution >= 4 is 17.2 Å². The fourth-order valence-corrected chi connectivity index (χ4v) is 4.39. The first kappa shape index (κ1) is 25.7. The maximum Gasteiger partial charge on any atom is 0.271 e. The van der Waals surface area contributed by atoms with Crippen LogP contribution in [0, 0.1) is 6.92 Å². The number of methoxy groups -OCH3 is 2. The first-order valence-electron chi connectivity index (χ1n) is 11.4. The summed E-state index contributed by atoms with van der Waals surface area (Å²) in [6.45, 7) is 10.3. The fourth-order valence-electron chi connectivity index (χ4n) is 3.57. The molecule has 3 rings (SSSR count). The van der Waals surface area contributed by atoms with Gasteiger partial charge >= 0.3 is 0 Å². The normalized spacial score (nSPS) is 11.5. The van der Waals surface area contributed by atoms with E-state index in [-0.39, 0.29) is 11.4 Å². The molecule has 0 aliphatic carbocycles. The lowest BCUT2D eigenvalue weighted by atomic mass is 10.1. The van der Waals surface area contributed by atoms with Gasteiger partial charge in [0.05, 0.1) is 20.8 Å². The topological polar surface area (TPSA) is 63.7 Å². The van der Waals surface area contributed by atoms with Crippen LogP contribution in [0.3, 0.4) is 0 Å². The van der Waals surface area contributed by atoms with Crippen LogP contribution in [-0.2, 0) is 19.5 Å². The SMILES string of the molecule is COc1ccc(CCN(Cc2ccc(C)cc2)Cc2nc(C(=O)NC(C)(C)C)cs2)cc1OC. The zero-order valence-electron chi connectivity index (χ0n) is 21.0. The Labute approximate surface area is 206 Å². The third-order valence-electron chi connectivity index (χ3n) is 5.32. The van der Waals surface area contributed by atoms with Crippen molar-refractivity contribution in [1.29, 1.82) is 0 Å². The highest BCUT2D eigenvalue weighted by Gasteiger charge is 2.19. The lowest BCUT2D eigenvalue weighted by molar-refractivity contribution is 0.0914. The van der Waals surface area contributed by atoms with E-state index in [9.17, 15) is 4.79 Å². The molecule has 34 heavy (non-hydrogen) atoms. The number of nitrogens with one attached hydrogen (secondary N) is 1. The Morgan fingerprint density at radius 3 is 2.32 bits per heavy atom.